The summed E-state index contributed by atoms with van der Waals surface area (Å²) in [6.45, 7) is 2.83. The molecule has 1 rings (SSSR count). The van der Waals surface area contributed by atoms with Crippen LogP contribution in [-0.2, 0) is 11.2 Å². The fourth-order valence-corrected chi connectivity index (χ4v) is 2.41. The molecule has 1 atom stereocenters. The number of carbonyl (C=O) groups excluding carboxylic acids is 1. The van der Waals surface area contributed by atoms with E-state index >= 15 is 0 Å². The minimum atomic E-state index is -0.0375. The molecule has 0 aliphatic heterocycles. The average Bonchev–Trinajstić information content (AvgIpc) is 2.37. The smallest absolute Gasteiger partial charge is 0.224 e. The number of hydrogen-bond donors (Lipinski definition) is 2. The summed E-state index contributed by atoms with van der Waals surface area (Å²) in [5.74, 6) is 0.655. The van der Waals surface area contributed by atoms with Gasteiger partial charge in [0, 0.05) is 17.4 Å². The van der Waals surface area contributed by atoms with E-state index in [4.69, 9.17) is 0 Å². The van der Waals surface area contributed by atoms with Crippen molar-refractivity contribution in [2.75, 3.05) is 11.9 Å². The molecule has 3 nitrogen and oxygen atoms in total. The van der Waals surface area contributed by atoms with Gasteiger partial charge in [0.15, 0.2) is 0 Å². The van der Waals surface area contributed by atoms with Crippen LogP contribution in [0.5, 0.6) is 5.75 Å². The van der Waals surface area contributed by atoms with E-state index in [0.29, 0.717) is 18.0 Å². The first-order chi connectivity index (χ1) is 8.67. The Hall–Kier alpha value is -1.03. The topological polar surface area (TPSA) is 49.3 Å². The Bertz CT molecular complexity index is 382. The Morgan fingerprint density at radius 2 is 2.17 bits per heavy atom. The number of nitrogens with one attached hydrogen (secondary N) is 1. The van der Waals surface area contributed by atoms with Crippen LogP contribution in [0.25, 0.3) is 0 Å². The Morgan fingerprint density at radius 3 is 2.78 bits per heavy atom. The molecule has 0 bridgehead atoms. The highest BCUT2D eigenvalue weighted by Gasteiger charge is 2.10. The second kappa shape index (κ2) is 8.14. The average molecular weight is 314 g/mol. The van der Waals surface area contributed by atoms with Gasteiger partial charge in [-0.15, -0.1) is 0 Å². The van der Waals surface area contributed by atoms with Crippen LogP contribution in [0.15, 0.2) is 24.3 Å². The van der Waals surface area contributed by atoms with Gasteiger partial charge in [-0.1, -0.05) is 47.5 Å². The van der Waals surface area contributed by atoms with Crippen LogP contribution in [-0.4, -0.2) is 22.9 Å². The van der Waals surface area contributed by atoms with Gasteiger partial charge in [0.1, 0.15) is 5.75 Å². The molecule has 0 aliphatic carbocycles. The molecule has 0 heterocycles. The van der Waals surface area contributed by atoms with E-state index in [1.165, 1.54) is 0 Å². The van der Waals surface area contributed by atoms with Gasteiger partial charge in [-0.05, 0) is 18.4 Å². The van der Waals surface area contributed by atoms with Gasteiger partial charge in [0.25, 0.3) is 0 Å². The van der Waals surface area contributed by atoms with E-state index in [9.17, 15) is 9.90 Å². The summed E-state index contributed by atoms with van der Waals surface area (Å²) >= 11 is 3.42. The lowest BCUT2D eigenvalue weighted by atomic mass is 10.0. The second-order valence-corrected chi connectivity index (χ2v) is 5.15. The number of aromatic hydroxyl groups is 1. The maximum atomic E-state index is 11.8. The Labute approximate surface area is 117 Å². The van der Waals surface area contributed by atoms with Crippen LogP contribution in [0.3, 0.4) is 0 Å². The second-order valence-electron chi connectivity index (χ2n) is 4.36. The summed E-state index contributed by atoms with van der Waals surface area (Å²) in [5.41, 5.74) is 0.670. The predicted molar refractivity (Wildman–Crippen MR) is 77.0 cm³/mol. The van der Waals surface area contributed by atoms with Crippen LogP contribution in [0, 0.1) is 5.92 Å². The lowest BCUT2D eigenvalue weighted by Gasteiger charge is -2.14. The number of phenols is 1. The summed E-state index contributed by atoms with van der Waals surface area (Å²) in [4.78, 5) is 11.8. The molecule has 0 saturated heterocycles. The molecular weight excluding hydrogens is 294 g/mol. The third-order valence-electron chi connectivity index (χ3n) is 3.03. The highest BCUT2D eigenvalue weighted by molar-refractivity contribution is 9.09. The van der Waals surface area contributed by atoms with Gasteiger partial charge in [-0.2, -0.15) is 0 Å². The molecule has 18 heavy (non-hydrogen) atoms. The van der Waals surface area contributed by atoms with Gasteiger partial charge in [-0.25, -0.2) is 0 Å². The minimum absolute atomic E-state index is 0.0375. The van der Waals surface area contributed by atoms with E-state index < -0.39 is 0 Å². The van der Waals surface area contributed by atoms with Crippen molar-refractivity contribution in [3.05, 3.63) is 29.8 Å². The van der Waals surface area contributed by atoms with Gasteiger partial charge in [0.2, 0.25) is 5.91 Å². The number of carbonyl (C=O) groups is 1. The molecule has 2 N–H and O–H groups in total. The van der Waals surface area contributed by atoms with Crippen LogP contribution < -0.4 is 5.32 Å². The number of amides is 1. The van der Waals surface area contributed by atoms with E-state index in [-0.39, 0.29) is 18.1 Å². The SMILES string of the molecule is CCC(CCBr)CNC(=O)Cc1ccccc1O. The van der Waals surface area contributed by atoms with Crippen LogP contribution in [0.1, 0.15) is 25.3 Å². The van der Waals surface area contributed by atoms with Gasteiger partial charge in [-0.3, -0.25) is 4.79 Å². The van der Waals surface area contributed by atoms with Crippen molar-refractivity contribution in [2.45, 2.75) is 26.2 Å². The molecule has 0 aromatic heterocycles. The van der Waals surface area contributed by atoms with Crippen LogP contribution >= 0.6 is 15.9 Å². The molecular formula is C14H20BrNO2. The van der Waals surface area contributed by atoms with Crippen molar-refractivity contribution < 1.29 is 9.90 Å². The van der Waals surface area contributed by atoms with E-state index in [1.54, 1.807) is 18.2 Å². The monoisotopic (exact) mass is 313 g/mol. The maximum absolute atomic E-state index is 11.8. The number of hydrogen-bond acceptors (Lipinski definition) is 2. The highest BCUT2D eigenvalue weighted by Crippen LogP contribution is 2.16. The molecule has 1 unspecified atom stereocenters. The van der Waals surface area contributed by atoms with E-state index in [2.05, 4.69) is 28.2 Å². The zero-order valence-electron chi connectivity index (χ0n) is 10.7. The van der Waals surface area contributed by atoms with Gasteiger partial charge in [0.05, 0.1) is 6.42 Å². The lowest BCUT2D eigenvalue weighted by Crippen LogP contribution is -2.30. The first-order valence-corrected chi connectivity index (χ1v) is 7.39. The normalized spacial score (nSPS) is 12.1. The largest absolute Gasteiger partial charge is 0.508 e. The molecule has 0 aliphatic rings. The van der Waals surface area contributed by atoms with Crippen molar-refractivity contribution in [3.8, 4) is 5.75 Å². The maximum Gasteiger partial charge on any atom is 0.224 e. The molecule has 0 fully saturated rings. The fourth-order valence-electron chi connectivity index (χ4n) is 1.76. The Balaban J connectivity index is 2.40. The summed E-state index contributed by atoms with van der Waals surface area (Å²) in [7, 11) is 0. The number of para-hydroxylation sites is 1. The molecule has 100 valence electrons. The van der Waals surface area contributed by atoms with Crippen molar-refractivity contribution in [3.63, 3.8) is 0 Å². The predicted octanol–water partition coefficient (Wildman–Crippen LogP) is 2.86. The molecule has 0 radical (unpaired) electrons. The van der Waals surface area contributed by atoms with E-state index in [1.807, 2.05) is 6.07 Å². The number of rotatable bonds is 7. The van der Waals surface area contributed by atoms with Gasteiger partial charge < -0.3 is 10.4 Å². The molecule has 0 spiro atoms. The minimum Gasteiger partial charge on any atom is -0.508 e. The van der Waals surface area contributed by atoms with Gasteiger partial charge >= 0.3 is 0 Å². The van der Waals surface area contributed by atoms with Crippen molar-refractivity contribution in [1.29, 1.82) is 0 Å². The third-order valence-corrected chi connectivity index (χ3v) is 3.48. The zero-order chi connectivity index (χ0) is 13.4. The first kappa shape index (κ1) is 15.0. The number of alkyl halides is 1. The summed E-state index contributed by atoms with van der Waals surface area (Å²) in [6.07, 6.45) is 2.35. The number of halogens is 1. The Morgan fingerprint density at radius 1 is 1.44 bits per heavy atom. The van der Waals surface area contributed by atoms with Crippen molar-refractivity contribution >= 4 is 21.8 Å². The summed E-state index contributed by atoms with van der Waals surface area (Å²) in [6, 6.07) is 6.94. The van der Waals surface area contributed by atoms with Crippen molar-refractivity contribution in [1.82, 2.24) is 5.32 Å². The van der Waals surface area contributed by atoms with Crippen LogP contribution in [0.2, 0.25) is 0 Å². The molecule has 1 aromatic rings. The summed E-state index contributed by atoms with van der Waals surface area (Å²) in [5, 5.41) is 13.5. The van der Waals surface area contributed by atoms with Crippen LogP contribution in [0.4, 0.5) is 0 Å². The third kappa shape index (κ3) is 5.08. The quantitative estimate of drug-likeness (QED) is 0.760. The first-order valence-electron chi connectivity index (χ1n) is 6.26. The Kier molecular flexibility index (Phi) is 6.80. The highest BCUT2D eigenvalue weighted by atomic mass is 79.9. The molecule has 0 saturated carbocycles. The molecule has 4 heteroatoms. The molecule has 1 aromatic carbocycles. The number of benzene rings is 1. The standard InChI is InChI=1S/C14H20BrNO2/c1-2-11(7-8-15)10-16-14(18)9-12-5-3-4-6-13(12)17/h3-6,11,17H,2,7-10H2,1H3,(H,16,18). The molecule has 1 amide bonds. The fraction of sp³-hybridized carbons (Fsp3) is 0.500. The lowest BCUT2D eigenvalue weighted by molar-refractivity contribution is -0.120. The number of phenolic OH excluding ortho intramolecular Hbond substituents is 1. The van der Waals surface area contributed by atoms with Crippen molar-refractivity contribution in [2.24, 2.45) is 5.92 Å². The zero-order valence-corrected chi connectivity index (χ0v) is 12.2. The van der Waals surface area contributed by atoms with E-state index in [0.717, 1.165) is 18.2 Å². The summed E-state index contributed by atoms with van der Waals surface area (Å²) < 4.78 is 0.